The van der Waals surface area contributed by atoms with Gasteiger partial charge in [0.05, 0.1) is 10.6 Å². The molecule has 0 aromatic heterocycles. The third-order valence-electron chi connectivity index (χ3n) is 2.94. The van der Waals surface area contributed by atoms with Crippen LogP contribution in [0.3, 0.4) is 0 Å². The SMILES string of the molecule is Cc1cccc(C(=O)Nc2ccc(OCCN)cc2)c1Cl. The fourth-order valence-corrected chi connectivity index (χ4v) is 2.04. The molecule has 0 saturated carbocycles. The molecule has 0 aliphatic heterocycles. The number of hydrogen-bond acceptors (Lipinski definition) is 3. The van der Waals surface area contributed by atoms with Crippen LogP contribution >= 0.6 is 11.6 Å². The monoisotopic (exact) mass is 304 g/mol. The fourth-order valence-electron chi connectivity index (χ4n) is 1.83. The minimum Gasteiger partial charge on any atom is -0.492 e. The van der Waals surface area contributed by atoms with Crippen LogP contribution in [-0.4, -0.2) is 19.1 Å². The van der Waals surface area contributed by atoms with Gasteiger partial charge in [-0.3, -0.25) is 4.79 Å². The molecule has 0 spiro atoms. The highest BCUT2D eigenvalue weighted by molar-refractivity contribution is 6.35. The summed E-state index contributed by atoms with van der Waals surface area (Å²) in [4.78, 5) is 12.2. The number of benzene rings is 2. The summed E-state index contributed by atoms with van der Waals surface area (Å²) in [5, 5.41) is 3.28. The van der Waals surface area contributed by atoms with Crippen LogP contribution in [0, 0.1) is 6.92 Å². The topological polar surface area (TPSA) is 64.3 Å². The number of anilines is 1. The largest absolute Gasteiger partial charge is 0.492 e. The Morgan fingerprint density at radius 1 is 1.24 bits per heavy atom. The highest BCUT2D eigenvalue weighted by atomic mass is 35.5. The summed E-state index contributed by atoms with van der Waals surface area (Å²) in [6.07, 6.45) is 0. The summed E-state index contributed by atoms with van der Waals surface area (Å²) in [6, 6.07) is 12.5. The maximum absolute atomic E-state index is 12.2. The van der Waals surface area contributed by atoms with Gasteiger partial charge in [0.1, 0.15) is 12.4 Å². The highest BCUT2D eigenvalue weighted by Crippen LogP contribution is 2.22. The van der Waals surface area contributed by atoms with Crippen LogP contribution in [0.25, 0.3) is 0 Å². The molecule has 0 radical (unpaired) electrons. The number of halogens is 1. The second-order valence-electron chi connectivity index (χ2n) is 4.55. The van der Waals surface area contributed by atoms with Crippen molar-refractivity contribution in [2.24, 2.45) is 5.73 Å². The van der Waals surface area contributed by atoms with Gasteiger partial charge in [0.15, 0.2) is 0 Å². The average Bonchev–Trinajstić information content (AvgIpc) is 2.49. The van der Waals surface area contributed by atoms with Gasteiger partial charge in [0.25, 0.3) is 5.91 Å². The number of carbonyl (C=O) groups is 1. The number of ether oxygens (including phenoxy) is 1. The minimum absolute atomic E-state index is 0.237. The van der Waals surface area contributed by atoms with Gasteiger partial charge in [-0.25, -0.2) is 0 Å². The van der Waals surface area contributed by atoms with Crippen molar-refractivity contribution in [2.45, 2.75) is 6.92 Å². The van der Waals surface area contributed by atoms with Crippen LogP contribution in [0.15, 0.2) is 42.5 Å². The number of nitrogens with two attached hydrogens (primary N) is 1. The molecule has 110 valence electrons. The second-order valence-corrected chi connectivity index (χ2v) is 4.93. The molecular formula is C16H17ClN2O2. The van der Waals surface area contributed by atoms with E-state index in [9.17, 15) is 4.79 Å². The zero-order valence-electron chi connectivity index (χ0n) is 11.7. The highest BCUT2D eigenvalue weighted by Gasteiger charge is 2.11. The molecule has 1 amide bonds. The molecular weight excluding hydrogens is 288 g/mol. The zero-order chi connectivity index (χ0) is 15.2. The molecule has 2 aromatic rings. The summed E-state index contributed by atoms with van der Waals surface area (Å²) in [6.45, 7) is 2.79. The van der Waals surface area contributed by atoms with E-state index < -0.39 is 0 Å². The molecule has 21 heavy (non-hydrogen) atoms. The normalized spacial score (nSPS) is 10.2. The lowest BCUT2D eigenvalue weighted by Gasteiger charge is -2.09. The molecule has 3 N–H and O–H groups in total. The van der Waals surface area contributed by atoms with Crippen molar-refractivity contribution < 1.29 is 9.53 Å². The molecule has 0 atom stereocenters. The van der Waals surface area contributed by atoms with E-state index in [2.05, 4.69) is 5.32 Å². The molecule has 0 heterocycles. The first kappa shape index (κ1) is 15.4. The van der Waals surface area contributed by atoms with Crippen LogP contribution in [0.4, 0.5) is 5.69 Å². The molecule has 5 heteroatoms. The van der Waals surface area contributed by atoms with Gasteiger partial charge in [-0.1, -0.05) is 23.7 Å². The molecule has 2 rings (SSSR count). The number of rotatable bonds is 5. The first-order valence-corrected chi connectivity index (χ1v) is 6.99. The average molecular weight is 305 g/mol. The van der Waals surface area contributed by atoms with Gasteiger partial charge in [-0.2, -0.15) is 0 Å². The van der Waals surface area contributed by atoms with Gasteiger partial charge >= 0.3 is 0 Å². The van der Waals surface area contributed by atoms with Gasteiger partial charge in [0, 0.05) is 12.2 Å². The predicted molar refractivity (Wildman–Crippen MR) is 85.1 cm³/mol. The van der Waals surface area contributed by atoms with E-state index in [1.54, 1.807) is 36.4 Å². The molecule has 2 aromatic carbocycles. The molecule has 0 fully saturated rings. The van der Waals surface area contributed by atoms with Crippen molar-refractivity contribution in [3.8, 4) is 5.75 Å². The lowest BCUT2D eigenvalue weighted by molar-refractivity contribution is 0.102. The third kappa shape index (κ3) is 3.97. The van der Waals surface area contributed by atoms with E-state index >= 15 is 0 Å². The van der Waals surface area contributed by atoms with Crippen LogP contribution in [0.1, 0.15) is 15.9 Å². The third-order valence-corrected chi connectivity index (χ3v) is 3.44. The smallest absolute Gasteiger partial charge is 0.257 e. The van der Waals surface area contributed by atoms with Crippen molar-refractivity contribution in [3.63, 3.8) is 0 Å². The lowest BCUT2D eigenvalue weighted by Crippen LogP contribution is -2.13. The van der Waals surface area contributed by atoms with Crippen LogP contribution < -0.4 is 15.8 Å². The van der Waals surface area contributed by atoms with E-state index in [0.29, 0.717) is 35.2 Å². The maximum Gasteiger partial charge on any atom is 0.257 e. The zero-order valence-corrected chi connectivity index (χ0v) is 12.5. The van der Waals surface area contributed by atoms with Crippen LogP contribution in [0.2, 0.25) is 5.02 Å². The Hall–Kier alpha value is -2.04. The summed E-state index contributed by atoms with van der Waals surface area (Å²) < 4.78 is 5.38. The van der Waals surface area contributed by atoms with E-state index in [1.165, 1.54) is 0 Å². The maximum atomic E-state index is 12.2. The van der Waals surface area contributed by atoms with Crippen molar-refractivity contribution in [1.82, 2.24) is 0 Å². The fraction of sp³-hybridized carbons (Fsp3) is 0.188. The molecule has 4 nitrogen and oxygen atoms in total. The van der Waals surface area contributed by atoms with Crippen molar-refractivity contribution in [3.05, 3.63) is 58.6 Å². The predicted octanol–water partition coefficient (Wildman–Crippen LogP) is 3.24. The summed E-state index contributed by atoms with van der Waals surface area (Å²) in [5.74, 6) is 0.478. The summed E-state index contributed by atoms with van der Waals surface area (Å²) in [5.41, 5.74) is 7.38. The Morgan fingerprint density at radius 2 is 1.95 bits per heavy atom. The molecule has 0 unspecified atom stereocenters. The molecule has 0 aliphatic carbocycles. The Kier molecular flexibility index (Phi) is 5.20. The van der Waals surface area contributed by atoms with Crippen molar-refractivity contribution in [2.75, 3.05) is 18.5 Å². The van der Waals surface area contributed by atoms with Crippen LogP contribution in [-0.2, 0) is 0 Å². The first-order chi connectivity index (χ1) is 10.1. The van der Waals surface area contributed by atoms with E-state index in [4.69, 9.17) is 22.1 Å². The molecule has 0 aliphatic rings. The number of hydrogen-bond donors (Lipinski definition) is 2. The van der Waals surface area contributed by atoms with Crippen LogP contribution in [0.5, 0.6) is 5.75 Å². The standard InChI is InChI=1S/C16H17ClN2O2/c1-11-3-2-4-14(15(11)17)16(20)19-12-5-7-13(8-6-12)21-10-9-18/h2-8H,9-10,18H2,1H3,(H,19,20). The molecule has 0 saturated heterocycles. The Morgan fingerprint density at radius 3 is 2.62 bits per heavy atom. The Balaban J connectivity index is 2.07. The number of aryl methyl sites for hydroxylation is 1. The summed E-state index contributed by atoms with van der Waals surface area (Å²) >= 11 is 6.14. The van der Waals surface area contributed by atoms with E-state index in [0.717, 1.165) is 5.56 Å². The number of nitrogens with one attached hydrogen (secondary N) is 1. The van der Waals surface area contributed by atoms with E-state index in [1.807, 2.05) is 13.0 Å². The Bertz CT molecular complexity index is 627. The van der Waals surface area contributed by atoms with Gasteiger partial charge in [0.2, 0.25) is 0 Å². The van der Waals surface area contributed by atoms with Crippen molar-refractivity contribution in [1.29, 1.82) is 0 Å². The van der Waals surface area contributed by atoms with Gasteiger partial charge < -0.3 is 15.8 Å². The van der Waals surface area contributed by atoms with Gasteiger partial charge in [-0.15, -0.1) is 0 Å². The first-order valence-electron chi connectivity index (χ1n) is 6.61. The Labute approximate surface area is 128 Å². The van der Waals surface area contributed by atoms with Crippen molar-refractivity contribution >= 4 is 23.2 Å². The minimum atomic E-state index is -0.237. The number of carbonyl (C=O) groups excluding carboxylic acids is 1. The number of amides is 1. The second kappa shape index (κ2) is 7.11. The van der Waals surface area contributed by atoms with E-state index in [-0.39, 0.29) is 5.91 Å². The summed E-state index contributed by atoms with van der Waals surface area (Å²) in [7, 11) is 0. The quantitative estimate of drug-likeness (QED) is 0.891. The van der Waals surface area contributed by atoms with Gasteiger partial charge in [-0.05, 0) is 42.8 Å². The lowest BCUT2D eigenvalue weighted by atomic mass is 10.1. The molecule has 0 bridgehead atoms.